The molecule has 1 unspecified atom stereocenters. The molecule has 2 amide bonds. The van der Waals surface area contributed by atoms with Crippen LogP contribution in [-0.2, 0) is 9.59 Å². The highest BCUT2D eigenvalue weighted by Crippen LogP contribution is 2.53. The summed E-state index contributed by atoms with van der Waals surface area (Å²) in [6, 6.07) is 17.9. The van der Waals surface area contributed by atoms with Crippen molar-refractivity contribution in [3.8, 4) is 17.2 Å². The molecule has 4 aliphatic heterocycles. The summed E-state index contributed by atoms with van der Waals surface area (Å²) in [5.74, 6) is -1.10. The molecule has 4 heterocycles. The number of ether oxygens (including phenoxy) is 3. The Morgan fingerprint density at radius 3 is 2.51 bits per heavy atom. The Bertz CT molecular complexity index is 1500. The van der Waals surface area contributed by atoms with Gasteiger partial charge in [0, 0.05) is 11.6 Å². The summed E-state index contributed by atoms with van der Waals surface area (Å²) in [5.41, 5.74) is 2.54. The number of carbonyl (C=O) groups excluding carboxylic acids is 3. The van der Waals surface area contributed by atoms with E-state index in [9.17, 15) is 14.4 Å². The van der Waals surface area contributed by atoms with Crippen LogP contribution >= 0.6 is 0 Å². The average molecular weight is 495 g/mol. The fourth-order valence-corrected chi connectivity index (χ4v) is 5.87. The van der Waals surface area contributed by atoms with E-state index >= 15 is 0 Å². The third-order valence-electron chi connectivity index (χ3n) is 7.55. The second-order valence-corrected chi connectivity index (χ2v) is 9.34. The van der Waals surface area contributed by atoms with Crippen molar-refractivity contribution >= 4 is 29.5 Å². The molecule has 4 atom stereocenters. The van der Waals surface area contributed by atoms with E-state index in [2.05, 4.69) is 5.10 Å². The van der Waals surface area contributed by atoms with Crippen molar-refractivity contribution in [3.63, 3.8) is 0 Å². The smallest absolute Gasteiger partial charge is 0.240 e. The van der Waals surface area contributed by atoms with E-state index in [0.717, 1.165) is 11.1 Å². The molecule has 0 aliphatic carbocycles. The van der Waals surface area contributed by atoms with Crippen LogP contribution in [0.25, 0.3) is 0 Å². The van der Waals surface area contributed by atoms with E-state index in [1.165, 1.54) is 4.90 Å². The highest BCUT2D eigenvalue weighted by Gasteiger charge is 2.65. The van der Waals surface area contributed by atoms with Gasteiger partial charge in [0.1, 0.15) is 11.8 Å². The van der Waals surface area contributed by atoms with Crippen LogP contribution in [0.3, 0.4) is 0 Å². The van der Waals surface area contributed by atoms with Gasteiger partial charge in [0.25, 0.3) is 0 Å². The number of hydrazone groups is 1. The Morgan fingerprint density at radius 2 is 1.70 bits per heavy atom. The first-order valence-electron chi connectivity index (χ1n) is 11.9. The number of hydrogen-bond acceptors (Lipinski definition) is 8. The van der Waals surface area contributed by atoms with Crippen LogP contribution in [0.1, 0.15) is 27.5 Å². The number of fused-ring (bicyclic) bond motifs is 6. The fraction of sp³-hybridized carbons (Fsp3) is 0.214. The van der Waals surface area contributed by atoms with Crippen molar-refractivity contribution in [3.05, 3.63) is 83.4 Å². The molecule has 0 N–H and O–H groups in total. The minimum absolute atomic E-state index is 0.0796. The number of benzene rings is 3. The molecule has 2 fully saturated rings. The number of carbonyl (C=O) groups is 3. The standard InChI is InChI=1S/C28H21N3O6/c1-35-18-9-6-15(7-10-18)26(32)25-23-22(24-19-5-3-2-4-16(19)13-29-31(24)25)27(33)30(28(23)34)17-8-11-20-21(12-17)37-14-36-20/h2-13,22-25H,14H2,1H3/t22-,23+,24?,25-/m0/s1. The largest absolute Gasteiger partial charge is 0.497 e. The number of methoxy groups -OCH3 is 1. The molecule has 0 saturated carbocycles. The highest BCUT2D eigenvalue weighted by molar-refractivity contribution is 6.24. The lowest BCUT2D eigenvalue weighted by Gasteiger charge is -2.33. The predicted molar refractivity (Wildman–Crippen MR) is 132 cm³/mol. The SMILES string of the molecule is COc1ccc(C(=O)[C@@H]2[C@@H]3C(=O)N(c4ccc5c(c4)OCO5)C(=O)[C@@H]3C3c4ccccc4C=NN32)cc1. The monoisotopic (exact) mass is 495 g/mol. The van der Waals surface area contributed by atoms with Crippen molar-refractivity contribution in [1.29, 1.82) is 0 Å². The zero-order valence-electron chi connectivity index (χ0n) is 19.7. The lowest BCUT2D eigenvalue weighted by Crippen LogP contribution is -2.44. The summed E-state index contributed by atoms with van der Waals surface area (Å²) in [5, 5.41) is 6.24. The first kappa shape index (κ1) is 21.6. The van der Waals surface area contributed by atoms with Crippen LogP contribution < -0.4 is 19.1 Å². The van der Waals surface area contributed by atoms with Crippen molar-refractivity contribution < 1.29 is 28.6 Å². The second kappa shape index (κ2) is 7.92. The normalized spacial score (nSPS) is 24.7. The van der Waals surface area contributed by atoms with Gasteiger partial charge in [0.2, 0.25) is 18.6 Å². The molecule has 4 aliphatic rings. The first-order valence-corrected chi connectivity index (χ1v) is 11.9. The Morgan fingerprint density at radius 1 is 0.946 bits per heavy atom. The van der Waals surface area contributed by atoms with Crippen molar-refractivity contribution in [2.45, 2.75) is 12.1 Å². The summed E-state index contributed by atoms with van der Waals surface area (Å²) >= 11 is 0. The lowest BCUT2D eigenvalue weighted by molar-refractivity contribution is -0.124. The molecular formula is C28H21N3O6. The molecule has 184 valence electrons. The number of nitrogens with zero attached hydrogens (tertiary/aromatic N) is 3. The number of ketones is 1. The molecule has 37 heavy (non-hydrogen) atoms. The number of amides is 2. The van der Waals surface area contributed by atoms with Gasteiger partial charge in [-0.3, -0.25) is 19.4 Å². The quantitative estimate of drug-likeness (QED) is 0.405. The number of anilines is 1. The van der Waals surface area contributed by atoms with E-state index < -0.39 is 29.8 Å². The Hall–Kier alpha value is -4.66. The molecule has 9 heteroatoms. The Balaban J connectivity index is 1.34. The van der Waals surface area contributed by atoms with Gasteiger partial charge in [0.15, 0.2) is 17.3 Å². The average Bonchev–Trinajstić information content (AvgIpc) is 3.61. The molecule has 3 aromatic rings. The minimum atomic E-state index is -0.941. The van der Waals surface area contributed by atoms with E-state index in [1.807, 2.05) is 24.3 Å². The molecule has 0 bridgehead atoms. The maximum absolute atomic E-state index is 14.0. The summed E-state index contributed by atoms with van der Waals surface area (Å²) < 4.78 is 16.1. The Kier molecular flexibility index (Phi) is 4.63. The van der Waals surface area contributed by atoms with Crippen molar-refractivity contribution in [2.24, 2.45) is 16.9 Å². The van der Waals surface area contributed by atoms with Crippen molar-refractivity contribution in [1.82, 2.24) is 5.01 Å². The number of hydrogen-bond donors (Lipinski definition) is 0. The maximum atomic E-state index is 14.0. The van der Waals surface area contributed by atoms with Crippen LogP contribution in [0.15, 0.2) is 71.8 Å². The van der Waals surface area contributed by atoms with Gasteiger partial charge in [-0.15, -0.1) is 0 Å². The molecule has 2 saturated heterocycles. The zero-order valence-corrected chi connectivity index (χ0v) is 19.7. The summed E-state index contributed by atoms with van der Waals surface area (Å²) in [6.07, 6.45) is 1.69. The molecule has 0 radical (unpaired) electrons. The van der Waals surface area contributed by atoms with Crippen LogP contribution in [0, 0.1) is 11.8 Å². The molecular weight excluding hydrogens is 474 g/mol. The van der Waals surface area contributed by atoms with Gasteiger partial charge in [-0.25, -0.2) is 4.90 Å². The number of rotatable bonds is 4. The van der Waals surface area contributed by atoms with Gasteiger partial charge >= 0.3 is 0 Å². The van der Waals surface area contributed by atoms with E-state index in [1.54, 1.807) is 60.8 Å². The van der Waals surface area contributed by atoms with E-state index in [-0.39, 0.29) is 18.5 Å². The molecule has 9 nitrogen and oxygen atoms in total. The predicted octanol–water partition coefficient (Wildman–Crippen LogP) is 3.19. The van der Waals surface area contributed by atoms with Gasteiger partial charge in [0.05, 0.1) is 36.9 Å². The number of imide groups is 1. The van der Waals surface area contributed by atoms with E-state index in [0.29, 0.717) is 28.5 Å². The van der Waals surface area contributed by atoms with Crippen LogP contribution in [-0.4, -0.2) is 48.8 Å². The molecule has 0 spiro atoms. The molecule has 7 rings (SSSR count). The topological polar surface area (TPSA) is 97.7 Å². The summed E-state index contributed by atoms with van der Waals surface area (Å²) in [4.78, 5) is 43.1. The zero-order chi connectivity index (χ0) is 25.3. The second-order valence-electron chi connectivity index (χ2n) is 9.34. The summed E-state index contributed by atoms with van der Waals surface area (Å²) in [6.45, 7) is 0.0796. The highest BCUT2D eigenvalue weighted by atomic mass is 16.7. The Labute approximate surface area is 211 Å². The first-order chi connectivity index (χ1) is 18.1. The number of Topliss-reactive ketones (excluding diaryl/α,β-unsaturated/α-hetero) is 1. The fourth-order valence-electron chi connectivity index (χ4n) is 5.87. The van der Waals surface area contributed by atoms with Crippen LogP contribution in [0.4, 0.5) is 5.69 Å². The maximum Gasteiger partial charge on any atom is 0.240 e. The third-order valence-corrected chi connectivity index (χ3v) is 7.55. The lowest BCUT2D eigenvalue weighted by atomic mass is 9.83. The van der Waals surface area contributed by atoms with Gasteiger partial charge in [-0.2, -0.15) is 5.10 Å². The van der Waals surface area contributed by atoms with Crippen LogP contribution in [0.5, 0.6) is 17.2 Å². The van der Waals surface area contributed by atoms with E-state index in [4.69, 9.17) is 14.2 Å². The van der Waals surface area contributed by atoms with Gasteiger partial charge in [-0.05, 0) is 47.5 Å². The third kappa shape index (κ3) is 3.03. The van der Waals surface area contributed by atoms with Crippen molar-refractivity contribution in [2.75, 3.05) is 18.8 Å². The minimum Gasteiger partial charge on any atom is -0.497 e. The van der Waals surface area contributed by atoms with Crippen LogP contribution in [0.2, 0.25) is 0 Å². The van der Waals surface area contributed by atoms with Gasteiger partial charge in [-0.1, -0.05) is 24.3 Å². The molecule has 3 aromatic carbocycles. The summed E-state index contributed by atoms with van der Waals surface area (Å²) in [7, 11) is 1.55. The molecule has 0 aromatic heterocycles. The van der Waals surface area contributed by atoms with Gasteiger partial charge < -0.3 is 14.2 Å².